The molecule has 1 fully saturated rings. The maximum absolute atomic E-state index is 13.0. The summed E-state index contributed by atoms with van der Waals surface area (Å²) in [6.45, 7) is 5.05. The molecule has 1 saturated heterocycles. The van der Waals surface area contributed by atoms with E-state index in [1.54, 1.807) is 37.1 Å². The molecule has 144 valence electrons. The molecule has 0 radical (unpaired) electrons. The number of sulfonamides is 1. The Morgan fingerprint density at radius 1 is 0.963 bits per heavy atom. The third-order valence-electron chi connectivity index (χ3n) is 4.82. The van der Waals surface area contributed by atoms with Crippen molar-refractivity contribution in [2.45, 2.75) is 18.7 Å². The first kappa shape index (κ1) is 19.4. The summed E-state index contributed by atoms with van der Waals surface area (Å²) in [5.41, 5.74) is 2.37. The van der Waals surface area contributed by atoms with E-state index in [2.05, 4.69) is 0 Å². The van der Waals surface area contributed by atoms with Gasteiger partial charge in [-0.25, -0.2) is 8.42 Å². The molecule has 0 unspecified atom stereocenters. The van der Waals surface area contributed by atoms with Crippen molar-refractivity contribution >= 4 is 15.9 Å². The van der Waals surface area contributed by atoms with Crippen LogP contribution in [0.2, 0.25) is 0 Å². The lowest BCUT2D eigenvalue weighted by Crippen LogP contribution is -2.50. The Morgan fingerprint density at radius 3 is 2.15 bits per heavy atom. The number of ether oxygens (including phenoxy) is 1. The summed E-state index contributed by atoms with van der Waals surface area (Å²) in [4.78, 5) is 14.6. The highest BCUT2D eigenvalue weighted by Gasteiger charge is 2.31. The van der Waals surface area contributed by atoms with Gasteiger partial charge in [-0.1, -0.05) is 17.7 Å². The van der Waals surface area contributed by atoms with Gasteiger partial charge in [-0.05, 0) is 49.7 Å². The number of carbonyl (C=O) groups excluding carboxylic acids is 1. The molecule has 0 aliphatic carbocycles. The molecule has 1 aliphatic heterocycles. The zero-order valence-corrected chi connectivity index (χ0v) is 16.6. The first-order valence-corrected chi connectivity index (χ1v) is 10.3. The lowest BCUT2D eigenvalue weighted by atomic mass is 10.1. The molecule has 2 aromatic carbocycles. The number of amides is 1. The van der Waals surface area contributed by atoms with Gasteiger partial charge in [-0.3, -0.25) is 4.79 Å². The van der Waals surface area contributed by atoms with E-state index in [0.717, 1.165) is 5.56 Å². The molecule has 7 heteroatoms. The summed E-state index contributed by atoms with van der Waals surface area (Å²) in [6.07, 6.45) is 0. The van der Waals surface area contributed by atoms with Crippen LogP contribution in [0.3, 0.4) is 0 Å². The Labute approximate surface area is 160 Å². The minimum Gasteiger partial charge on any atom is -0.497 e. The molecule has 3 rings (SSSR count). The summed E-state index contributed by atoms with van der Waals surface area (Å²) in [5, 5.41) is 0. The average Bonchev–Trinajstić information content (AvgIpc) is 2.67. The highest BCUT2D eigenvalue weighted by Crippen LogP contribution is 2.25. The maximum Gasteiger partial charge on any atom is 0.253 e. The minimum atomic E-state index is -3.60. The third kappa shape index (κ3) is 3.99. The highest BCUT2D eigenvalue weighted by atomic mass is 32.2. The molecule has 0 bridgehead atoms. The van der Waals surface area contributed by atoms with Gasteiger partial charge in [0.05, 0.1) is 12.0 Å². The van der Waals surface area contributed by atoms with Crippen LogP contribution in [0.4, 0.5) is 0 Å². The van der Waals surface area contributed by atoms with Gasteiger partial charge in [0.25, 0.3) is 5.91 Å². The average molecular weight is 388 g/mol. The van der Waals surface area contributed by atoms with Gasteiger partial charge in [-0.2, -0.15) is 4.31 Å². The monoisotopic (exact) mass is 388 g/mol. The minimum absolute atomic E-state index is 0.0623. The van der Waals surface area contributed by atoms with Crippen LogP contribution < -0.4 is 4.74 Å². The van der Waals surface area contributed by atoms with Crippen LogP contribution in [0.15, 0.2) is 47.4 Å². The predicted octanol–water partition coefficient (Wildman–Crippen LogP) is 2.46. The normalized spacial score (nSPS) is 15.6. The maximum atomic E-state index is 13.0. The van der Waals surface area contributed by atoms with E-state index < -0.39 is 10.0 Å². The molecule has 1 aliphatic rings. The highest BCUT2D eigenvalue weighted by molar-refractivity contribution is 7.89. The van der Waals surface area contributed by atoms with Gasteiger partial charge in [0.1, 0.15) is 5.75 Å². The number of aryl methyl sites for hydroxylation is 2. The van der Waals surface area contributed by atoms with Gasteiger partial charge in [0.15, 0.2) is 0 Å². The molecule has 0 saturated carbocycles. The number of nitrogens with zero attached hydrogens (tertiary/aromatic N) is 2. The fourth-order valence-electron chi connectivity index (χ4n) is 3.19. The van der Waals surface area contributed by atoms with Crippen molar-refractivity contribution in [1.29, 1.82) is 0 Å². The Morgan fingerprint density at radius 2 is 1.59 bits per heavy atom. The van der Waals surface area contributed by atoms with Gasteiger partial charge in [0, 0.05) is 31.7 Å². The van der Waals surface area contributed by atoms with Crippen molar-refractivity contribution in [2.75, 3.05) is 33.3 Å². The second kappa shape index (κ2) is 7.70. The summed E-state index contributed by atoms with van der Waals surface area (Å²) >= 11 is 0. The van der Waals surface area contributed by atoms with Crippen LogP contribution in [0.5, 0.6) is 5.75 Å². The van der Waals surface area contributed by atoms with Crippen molar-refractivity contribution in [1.82, 2.24) is 9.21 Å². The van der Waals surface area contributed by atoms with E-state index in [4.69, 9.17) is 4.74 Å². The standard InChI is InChI=1S/C20H24N2O4S/c1-15-4-6-17(7-5-15)20(23)21-10-12-22(13-11-21)27(24,25)19-9-8-18(26-3)14-16(19)2/h4-9,14H,10-13H2,1-3H3. The number of methoxy groups -OCH3 is 1. The fourth-order valence-corrected chi connectivity index (χ4v) is 4.82. The fraction of sp³-hybridized carbons (Fsp3) is 0.350. The number of benzene rings is 2. The number of hydrogen-bond acceptors (Lipinski definition) is 4. The van der Waals surface area contributed by atoms with Gasteiger partial charge in [-0.15, -0.1) is 0 Å². The number of rotatable bonds is 4. The topological polar surface area (TPSA) is 66.9 Å². The third-order valence-corrected chi connectivity index (χ3v) is 6.88. The van der Waals surface area contributed by atoms with Crippen LogP contribution in [0, 0.1) is 13.8 Å². The van der Waals surface area contributed by atoms with E-state index in [0.29, 0.717) is 30.0 Å². The molecule has 1 amide bonds. The molecule has 6 nitrogen and oxygen atoms in total. The number of carbonyl (C=O) groups is 1. The van der Waals surface area contributed by atoms with E-state index >= 15 is 0 Å². The molecular weight excluding hydrogens is 364 g/mol. The molecule has 0 aromatic heterocycles. The van der Waals surface area contributed by atoms with Crippen molar-refractivity contribution in [2.24, 2.45) is 0 Å². The molecule has 1 heterocycles. The number of hydrogen-bond donors (Lipinski definition) is 0. The second-order valence-electron chi connectivity index (χ2n) is 6.69. The van der Waals surface area contributed by atoms with Gasteiger partial charge < -0.3 is 9.64 Å². The first-order chi connectivity index (χ1) is 12.8. The van der Waals surface area contributed by atoms with Gasteiger partial charge in [0.2, 0.25) is 10.0 Å². The Balaban J connectivity index is 1.71. The molecule has 0 atom stereocenters. The molecule has 27 heavy (non-hydrogen) atoms. The van der Waals surface area contributed by atoms with Crippen molar-refractivity contribution in [3.63, 3.8) is 0 Å². The van der Waals surface area contributed by atoms with Crippen LogP contribution in [-0.4, -0.2) is 56.8 Å². The summed E-state index contributed by atoms with van der Waals surface area (Å²) in [7, 11) is -2.05. The summed E-state index contributed by atoms with van der Waals surface area (Å²) in [6, 6.07) is 12.4. The van der Waals surface area contributed by atoms with Crippen molar-refractivity contribution in [3.05, 3.63) is 59.2 Å². The molecular formula is C20H24N2O4S. The van der Waals surface area contributed by atoms with E-state index in [1.165, 1.54) is 4.31 Å². The van der Waals surface area contributed by atoms with Crippen LogP contribution in [0.25, 0.3) is 0 Å². The van der Waals surface area contributed by atoms with Crippen LogP contribution in [0.1, 0.15) is 21.5 Å². The molecule has 2 aromatic rings. The zero-order chi connectivity index (χ0) is 19.6. The van der Waals surface area contributed by atoms with Crippen LogP contribution >= 0.6 is 0 Å². The predicted molar refractivity (Wildman–Crippen MR) is 104 cm³/mol. The first-order valence-electron chi connectivity index (χ1n) is 8.83. The molecule has 0 spiro atoms. The Kier molecular flexibility index (Phi) is 5.53. The van der Waals surface area contributed by atoms with Gasteiger partial charge >= 0.3 is 0 Å². The zero-order valence-electron chi connectivity index (χ0n) is 15.8. The van der Waals surface area contributed by atoms with Crippen molar-refractivity contribution < 1.29 is 17.9 Å². The van der Waals surface area contributed by atoms with Crippen molar-refractivity contribution in [3.8, 4) is 5.75 Å². The largest absolute Gasteiger partial charge is 0.497 e. The smallest absolute Gasteiger partial charge is 0.253 e. The van der Waals surface area contributed by atoms with E-state index in [-0.39, 0.29) is 23.9 Å². The quantitative estimate of drug-likeness (QED) is 0.807. The van der Waals surface area contributed by atoms with E-state index in [9.17, 15) is 13.2 Å². The SMILES string of the molecule is COc1ccc(S(=O)(=O)N2CCN(C(=O)c3ccc(C)cc3)CC2)c(C)c1. The lowest BCUT2D eigenvalue weighted by Gasteiger charge is -2.34. The Bertz CT molecular complexity index is 931. The lowest BCUT2D eigenvalue weighted by molar-refractivity contribution is 0.0698. The second-order valence-corrected chi connectivity index (χ2v) is 8.60. The van der Waals surface area contributed by atoms with Crippen LogP contribution in [-0.2, 0) is 10.0 Å². The summed E-state index contributed by atoms with van der Waals surface area (Å²) < 4.78 is 32.5. The van der Waals surface area contributed by atoms with E-state index in [1.807, 2.05) is 31.2 Å². The Hall–Kier alpha value is -2.38. The summed E-state index contributed by atoms with van der Waals surface area (Å²) in [5.74, 6) is 0.563. The molecule has 0 N–H and O–H groups in total. The number of piperazine rings is 1.